The Bertz CT molecular complexity index is 687. The topological polar surface area (TPSA) is 71.3 Å². The summed E-state index contributed by atoms with van der Waals surface area (Å²) in [6.45, 7) is 0. The highest BCUT2D eigenvalue weighted by molar-refractivity contribution is 5.71. The number of rotatable bonds is 3. The van der Waals surface area contributed by atoms with Gasteiger partial charge in [0.1, 0.15) is 17.2 Å². The highest BCUT2D eigenvalue weighted by atomic mass is 16.5. The molecule has 0 unspecified atom stereocenters. The molecular weight excluding hydrogens is 244 g/mol. The number of H-pyrrole nitrogens is 1. The van der Waals surface area contributed by atoms with Gasteiger partial charge in [0.15, 0.2) is 5.76 Å². The molecule has 19 heavy (non-hydrogen) atoms. The van der Waals surface area contributed by atoms with E-state index < -0.39 is 0 Å². The van der Waals surface area contributed by atoms with Gasteiger partial charge < -0.3 is 14.3 Å². The molecule has 2 N–H and O–H groups in total. The number of nitrogens with zero attached hydrogens (tertiary/aromatic N) is 1. The number of hydrogen-bond acceptors (Lipinski definition) is 4. The first-order chi connectivity index (χ1) is 9.28. The van der Waals surface area contributed by atoms with Gasteiger partial charge in [-0.2, -0.15) is 5.10 Å². The van der Waals surface area contributed by atoms with Crippen LogP contribution >= 0.6 is 0 Å². The molecule has 3 aromatic rings. The molecule has 0 aliphatic rings. The molecule has 3 rings (SSSR count). The molecule has 0 aliphatic carbocycles. The average Bonchev–Trinajstić information content (AvgIpc) is 3.10. The first-order valence-electron chi connectivity index (χ1n) is 5.74. The third kappa shape index (κ3) is 2.06. The Morgan fingerprint density at radius 2 is 2.16 bits per heavy atom. The highest BCUT2D eigenvalue weighted by Gasteiger charge is 2.12. The van der Waals surface area contributed by atoms with E-state index in [0.29, 0.717) is 22.8 Å². The van der Waals surface area contributed by atoms with Crippen molar-refractivity contribution in [3.05, 3.63) is 42.7 Å². The van der Waals surface area contributed by atoms with Crippen molar-refractivity contribution in [1.82, 2.24) is 10.2 Å². The van der Waals surface area contributed by atoms with Gasteiger partial charge in [0.05, 0.1) is 19.1 Å². The van der Waals surface area contributed by atoms with E-state index >= 15 is 0 Å². The number of ether oxygens (including phenoxy) is 1. The summed E-state index contributed by atoms with van der Waals surface area (Å²) >= 11 is 0. The second-order valence-corrected chi connectivity index (χ2v) is 4.03. The third-order valence-corrected chi connectivity index (χ3v) is 2.84. The molecule has 5 heteroatoms. The normalized spacial score (nSPS) is 10.6. The van der Waals surface area contributed by atoms with Crippen LogP contribution in [-0.4, -0.2) is 22.4 Å². The number of aromatic hydroxyl groups is 1. The minimum Gasteiger partial charge on any atom is -0.507 e. The van der Waals surface area contributed by atoms with Gasteiger partial charge in [-0.25, -0.2) is 0 Å². The first kappa shape index (κ1) is 11.4. The van der Waals surface area contributed by atoms with Crippen LogP contribution in [0.2, 0.25) is 0 Å². The minimum absolute atomic E-state index is 0.151. The maximum atomic E-state index is 9.89. The maximum Gasteiger partial charge on any atom is 0.151 e. The summed E-state index contributed by atoms with van der Waals surface area (Å²) in [5, 5.41) is 16.9. The number of methoxy groups -OCH3 is 1. The predicted molar refractivity (Wildman–Crippen MR) is 69.9 cm³/mol. The summed E-state index contributed by atoms with van der Waals surface area (Å²) in [4.78, 5) is 0. The van der Waals surface area contributed by atoms with E-state index in [1.165, 1.54) is 0 Å². The van der Waals surface area contributed by atoms with Gasteiger partial charge in [-0.1, -0.05) is 0 Å². The van der Waals surface area contributed by atoms with E-state index in [0.717, 1.165) is 5.69 Å². The van der Waals surface area contributed by atoms with Crippen molar-refractivity contribution < 1.29 is 14.3 Å². The number of hydrogen-bond donors (Lipinski definition) is 2. The molecule has 1 aromatic carbocycles. The smallest absolute Gasteiger partial charge is 0.151 e. The number of benzene rings is 1. The number of aromatic nitrogens is 2. The van der Waals surface area contributed by atoms with Crippen molar-refractivity contribution in [3.8, 4) is 34.2 Å². The summed E-state index contributed by atoms with van der Waals surface area (Å²) in [6.07, 6.45) is 1.60. The molecule has 0 bridgehead atoms. The molecule has 0 atom stereocenters. The molecule has 0 saturated carbocycles. The van der Waals surface area contributed by atoms with Gasteiger partial charge in [0.2, 0.25) is 0 Å². The monoisotopic (exact) mass is 256 g/mol. The first-order valence-corrected chi connectivity index (χ1v) is 5.74. The summed E-state index contributed by atoms with van der Waals surface area (Å²) in [7, 11) is 1.58. The van der Waals surface area contributed by atoms with Crippen LogP contribution in [0.1, 0.15) is 0 Å². The fourth-order valence-electron chi connectivity index (χ4n) is 1.87. The Hall–Kier alpha value is -2.69. The number of phenols is 1. The van der Waals surface area contributed by atoms with Gasteiger partial charge in [0, 0.05) is 5.56 Å². The van der Waals surface area contributed by atoms with Crippen LogP contribution in [0, 0.1) is 0 Å². The van der Waals surface area contributed by atoms with Gasteiger partial charge in [-0.15, -0.1) is 0 Å². The molecule has 2 aromatic heterocycles. The zero-order valence-electron chi connectivity index (χ0n) is 10.3. The lowest BCUT2D eigenvalue weighted by molar-refractivity contribution is 0.412. The van der Waals surface area contributed by atoms with Crippen molar-refractivity contribution in [2.75, 3.05) is 7.11 Å². The lowest BCUT2D eigenvalue weighted by Gasteiger charge is -2.04. The van der Waals surface area contributed by atoms with Crippen LogP contribution in [0.3, 0.4) is 0 Å². The van der Waals surface area contributed by atoms with Crippen LogP contribution in [-0.2, 0) is 0 Å². The van der Waals surface area contributed by atoms with Gasteiger partial charge in [-0.3, -0.25) is 5.10 Å². The van der Waals surface area contributed by atoms with E-state index in [4.69, 9.17) is 9.15 Å². The second kappa shape index (κ2) is 4.53. The van der Waals surface area contributed by atoms with E-state index in [2.05, 4.69) is 10.2 Å². The van der Waals surface area contributed by atoms with Crippen LogP contribution in [0.15, 0.2) is 47.1 Å². The molecule has 0 saturated heterocycles. The van der Waals surface area contributed by atoms with E-state index in [-0.39, 0.29) is 5.75 Å². The molecular formula is C14H12N2O3. The fraction of sp³-hybridized carbons (Fsp3) is 0.0714. The number of aromatic amines is 1. The van der Waals surface area contributed by atoms with Crippen molar-refractivity contribution in [2.24, 2.45) is 0 Å². The molecule has 0 radical (unpaired) electrons. The number of furan rings is 1. The highest BCUT2D eigenvalue weighted by Crippen LogP contribution is 2.33. The largest absolute Gasteiger partial charge is 0.507 e. The van der Waals surface area contributed by atoms with Gasteiger partial charge in [-0.05, 0) is 36.4 Å². The third-order valence-electron chi connectivity index (χ3n) is 2.84. The predicted octanol–water partition coefficient (Wildman–Crippen LogP) is 3.05. The Labute approximate surface area is 109 Å². The molecule has 0 amide bonds. The summed E-state index contributed by atoms with van der Waals surface area (Å²) in [5.41, 5.74) is 1.98. The zero-order chi connectivity index (χ0) is 13.2. The maximum absolute atomic E-state index is 9.89. The Balaban J connectivity index is 2.03. The molecule has 5 nitrogen and oxygen atoms in total. The fourth-order valence-corrected chi connectivity index (χ4v) is 1.87. The summed E-state index contributed by atoms with van der Waals surface area (Å²) in [6, 6.07) is 10.5. The lowest BCUT2D eigenvalue weighted by Crippen LogP contribution is -1.85. The SMILES string of the molecule is COc1ccc(O)c(-c2cc(-c3ccco3)[nH]n2)c1. The van der Waals surface area contributed by atoms with Gasteiger partial charge >= 0.3 is 0 Å². The molecule has 0 fully saturated rings. The Kier molecular flexibility index (Phi) is 2.72. The van der Waals surface area contributed by atoms with Crippen LogP contribution in [0.25, 0.3) is 22.7 Å². The van der Waals surface area contributed by atoms with Crippen molar-refractivity contribution in [2.45, 2.75) is 0 Å². The number of nitrogens with one attached hydrogen (secondary N) is 1. The lowest BCUT2D eigenvalue weighted by atomic mass is 10.1. The van der Waals surface area contributed by atoms with Crippen LogP contribution < -0.4 is 4.74 Å². The van der Waals surface area contributed by atoms with Crippen molar-refractivity contribution in [1.29, 1.82) is 0 Å². The molecule has 0 aliphatic heterocycles. The molecule has 2 heterocycles. The van der Waals surface area contributed by atoms with Gasteiger partial charge in [0.25, 0.3) is 0 Å². The minimum atomic E-state index is 0.151. The van der Waals surface area contributed by atoms with Crippen molar-refractivity contribution in [3.63, 3.8) is 0 Å². The zero-order valence-corrected chi connectivity index (χ0v) is 10.3. The van der Waals surface area contributed by atoms with Crippen LogP contribution in [0.4, 0.5) is 0 Å². The molecule has 0 spiro atoms. The standard InChI is InChI=1S/C14H12N2O3/c1-18-9-4-5-13(17)10(7-9)11-8-12(16-15-11)14-3-2-6-19-14/h2-8,17H,1H3,(H,15,16). The average molecular weight is 256 g/mol. The second-order valence-electron chi connectivity index (χ2n) is 4.03. The Morgan fingerprint density at radius 3 is 2.89 bits per heavy atom. The van der Waals surface area contributed by atoms with Crippen LogP contribution in [0.5, 0.6) is 11.5 Å². The summed E-state index contributed by atoms with van der Waals surface area (Å²) in [5.74, 6) is 1.51. The van der Waals surface area contributed by atoms with E-state index in [1.54, 1.807) is 37.6 Å². The van der Waals surface area contributed by atoms with E-state index in [1.807, 2.05) is 12.1 Å². The van der Waals surface area contributed by atoms with E-state index in [9.17, 15) is 5.11 Å². The number of phenolic OH excluding ortho intramolecular Hbond substituents is 1. The quantitative estimate of drug-likeness (QED) is 0.755. The molecule has 96 valence electrons. The Morgan fingerprint density at radius 1 is 1.26 bits per heavy atom. The summed E-state index contributed by atoms with van der Waals surface area (Å²) < 4.78 is 10.4. The van der Waals surface area contributed by atoms with Crippen molar-refractivity contribution >= 4 is 0 Å².